The van der Waals surface area contributed by atoms with E-state index in [-0.39, 0.29) is 5.69 Å². The first-order valence-corrected chi connectivity index (χ1v) is 10.3. The number of anilines is 2. The number of nitrogens with one attached hydrogen (secondary N) is 1. The number of likely N-dealkylation sites (N-methyl/N-ethyl adjacent to an activating group) is 1. The lowest BCUT2D eigenvalue weighted by Crippen LogP contribution is -2.49. The molecule has 0 radical (unpaired) electrons. The van der Waals surface area contributed by atoms with Gasteiger partial charge in [-0.05, 0) is 43.3 Å². The number of amides is 1. The number of hydrogen-bond donors (Lipinski definition) is 1. The molecule has 0 unspecified atom stereocenters. The quantitative estimate of drug-likeness (QED) is 0.747. The second-order valence-corrected chi connectivity index (χ2v) is 8.12. The number of hydrogen-bond acceptors (Lipinski definition) is 4. The monoisotopic (exact) mass is 393 g/mol. The van der Waals surface area contributed by atoms with E-state index in [2.05, 4.69) is 5.32 Å². The molecule has 2 rings (SSSR count). The van der Waals surface area contributed by atoms with Crippen LogP contribution >= 0.6 is 0 Å². The fraction of sp³-hybridized carbons (Fsp3) is 0.316. The molecule has 0 bridgehead atoms. The van der Waals surface area contributed by atoms with Crippen molar-refractivity contribution in [2.24, 2.45) is 0 Å². The van der Waals surface area contributed by atoms with Crippen LogP contribution < -0.4 is 14.5 Å². The average molecular weight is 393 g/mol. The van der Waals surface area contributed by atoms with Crippen molar-refractivity contribution in [3.63, 3.8) is 0 Å². The lowest BCUT2D eigenvalue weighted by molar-refractivity contribution is -0.121. The highest BCUT2D eigenvalue weighted by atomic mass is 32.2. The second-order valence-electron chi connectivity index (χ2n) is 6.26. The van der Waals surface area contributed by atoms with Crippen LogP contribution in [0, 0.1) is 5.82 Å². The number of carbonyl (C=O) groups is 1. The van der Waals surface area contributed by atoms with Crippen molar-refractivity contribution in [2.45, 2.75) is 13.0 Å². The van der Waals surface area contributed by atoms with E-state index in [0.717, 1.165) is 28.4 Å². The van der Waals surface area contributed by atoms with Gasteiger partial charge in [0.05, 0.1) is 11.9 Å². The van der Waals surface area contributed by atoms with Gasteiger partial charge in [-0.1, -0.05) is 18.2 Å². The molecule has 0 aliphatic rings. The third-order valence-electron chi connectivity index (χ3n) is 4.11. The number of sulfonamides is 1. The molecule has 0 spiro atoms. The van der Waals surface area contributed by atoms with Gasteiger partial charge in [0.1, 0.15) is 11.9 Å². The van der Waals surface area contributed by atoms with Crippen molar-refractivity contribution in [3.8, 4) is 0 Å². The molecule has 0 aliphatic heterocycles. The predicted octanol–water partition coefficient (Wildman–Crippen LogP) is 2.23. The van der Waals surface area contributed by atoms with Gasteiger partial charge < -0.3 is 10.2 Å². The van der Waals surface area contributed by atoms with Gasteiger partial charge in [0.15, 0.2) is 0 Å². The zero-order valence-electron chi connectivity index (χ0n) is 15.6. The molecule has 0 saturated heterocycles. The van der Waals surface area contributed by atoms with E-state index in [1.54, 1.807) is 0 Å². The molecule has 0 fully saturated rings. The molecule has 1 N–H and O–H groups in total. The lowest BCUT2D eigenvalue weighted by Gasteiger charge is -2.28. The van der Waals surface area contributed by atoms with Gasteiger partial charge in [-0.3, -0.25) is 9.10 Å². The van der Waals surface area contributed by atoms with E-state index in [9.17, 15) is 17.6 Å². The SMILES string of the molecule is C[C@H](C(=O)NCCN(C)c1ccccc1)N(c1ccc(F)cc1)S(C)(=O)=O. The Hall–Kier alpha value is -2.61. The van der Waals surface area contributed by atoms with Crippen LogP contribution in [0.5, 0.6) is 0 Å². The summed E-state index contributed by atoms with van der Waals surface area (Å²) in [6, 6.07) is 13.7. The Morgan fingerprint density at radius 1 is 1.07 bits per heavy atom. The minimum absolute atomic E-state index is 0.239. The Morgan fingerprint density at radius 2 is 1.67 bits per heavy atom. The smallest absolute Gasteiger partial charge is 0.243 e. The molecule has 27 heavy (non-hydrogen) atoms. The molecule has 0 heterocycles. The van der Waals surface area contributed by atoms with E-state index in [1.165, 1.54) is 19.1 Å². The zero-order chi connectivity index (χ0) is 20.0. The van der Waals surface area contributed by atoms with Crippen LogP contribution in [0.15, 0.2) is 54.6 Å². The summed E-state index contributed by atoms with van der Waals surface area (Å²) < 4.78 is 38.5. The van der Waals surface area contributed by atoms with Gasteiger partial charge in [-0.2, -0.15) is 0 Å². The summed E-state index contributed by atoms with van der Waals surface area (Å²) in [6.07, 6.45) is 1.02. The minimum Gasteiger partial charge on any atom is -0.373 e. The number of benzene rings is 2. The summed E-state index contributed by atoms with van der Waals surface area (Å²) in [5.41, 5.74) is 1.26. The average Bonchev–Trinajstić information content (AvgIpc) is 2.63. The Balaban J connectivity index is 2.01. The van der Waals surface area contributed by atoms with Crippen molar-refractivity contribution in [3.05, 3.63) is 60.4 Å². The molecular formula is C19H24FN3O3S. The van der Waals surface area contributed by atoms with Crippen LogP contribution in [0.1, 0.15) is 6.92 Å². The van der Waals surface area contributed by atoms with Crippen LogP contribution in [0.4, 0.5) is 15.8 Å². The molecule has 146 valence electrons. The van der Waals surface area contributed by atoms with Crippen LogP contribution in [0.25, 0.3) is 0 Å². The second kappa shape index (κ2) is 8.85. The van der Waals surface area contributed by atoms with Gasteiger partial charge >= 0.3 is 0 Å². The highest BCUT2D eigenvalue weighted by Crippen LogP contribution is 2.21. The van der Waals surface area contributed by atoms with Gasteiger partial charge in [0, 0.05) is 25.8 Å². The molecule has 1 amide bonds. The normalized spacial score (nSPS) is 12.3. The number of rotatable bonds is 8. The Bertz CT molecular complexity index is 858. The Labute approximate surface area is 159 Å². The third-order valence-corrected chi connectivity index (χ3v) is 5.35. The number of halogens is 1. The summed E-state index contributed by atoms with van der Waals surface area (Å²) in [5.74, 6) is -0.903. The Morgan fingerprint density at radius 3 is 2.22 bits per heavy atom. The van der Waals surface area contributed by atoms with Crippen LogP contribution in [-0.4, -0.2) is 46.8 Å². The van der Waals surface area contributed by atoms with E-state index in [0.29, 0.717) is 13.1 Å². The molecule has 0 saturated carbocycles. The maximum Gasteiger partial charge on any atom is 0.243 e. The van der Waals surface area contributed by atoms with Crippen molar-refractivity contribution in [2.75, 3.05) is 35.6 Å². The first-order valence-electron chi connectivity index (χ1n) is 8.49. The van der Waals surface area contributed by atoms with Gasteiger partial charge in [0.25, 0.3) is 0 Å². The molecular weight excluding hydrogens is 369 g/mol. The van der Waals surface area contributed by atoms with Gasteiger partial charge in [-0.25, -0.2) is 12.8 Å². The molecule has 1 atom stereocenters. The Kier molecular flexibility index (Phi) is 6.79. The topological polar surface area (TPSA) is 69.7 Å². The van der Waals surface area contributed by atoms with Crippen LogP contribution in [0.2, 0.25) is 0 Å². The summed E-state index contributed by atoms with van der Waals surface area (Å²) in [5, 5.41) is 2.76. The fourth-order valence-corrected chi connectivity index (χ4v) is 3.88. The number of para-hydroxylation sites is 1. The van der Waals surface area contributed by atoms with Crippen molar-refractivity contribution in [1.82, 2.24) is 5.32 Å². The first kappa shape index (κ1) is 20.7. The summed E-state index contributed by atoms with van der Waals surface area (Å²) >= 11 is 0. The molecule has 8 heteroatoms. The van der Waals surface area contributed by atoms with Gasteiger partial charge in [-0.15, -0.1) is 0 Å². The maximum atomic E-state index is 13.1. The number of carbonyl (C=O) groups excluding carboxylic acids is 1. The summed E-state index contributed by atoms with van der Waals surface area (Å²) in [4.78, 5) is 14.5. The van der Waals surface area contributed by atoms with Gasteiger partial charge in [0.2, 0.25) is 15.9 Å². The summed E-state index contributed by atoms with van der Waals surface area (Å²) in [7, 11) is -1.81. The van der Waals surface area contributed by atoms with E-state index in [1.807, 2.05) is 42.3 Å². The third kappa shape index (κ3) is 5.68. The highest BCUT2D eigenvalue weighted by molar-refractivity contribution is 7.92. The maximum absolute atomic E-state index is 13.1. The molecule has 0 aliphatic carbocycles. The molecule has 2 aromatic rings. The lowest BCUT2D eigenvalue weighted by atomic mass is 10.2. The first-order chi connectivity index (χ1) is 12.7. The number of nitrogens with zero attached hydrogens (tertiary/aromatic N) is 2. The zero-order valence-corrected chi connectivity index (χ0v) is 16.4. The minimum atomic E-state index is -3.72. The molecule has 2 aromatic carbocycles. The van der Waals surface area contributed by atoms with E-state index in [4.69, 9.17) is 0 Å². The van der Waals surface area contributed by atoms with Crippen LogP contribution in [-0.2, 0) is 14.8 Å². The highest BCUT2D eigenvalue weighted by Gasteiger charge is 2.28. The molecule has 0 aromatic heterocycles. The van der Waals surface area contributed by atoms with E-state index < -0.39 is 27.8 Å². The van der Waals surface area contributed by atoms with Crippen molar-refractivity contribution in [1.29, 1.82) is 0 Å². The largest absolute Gasteiger partial charge is 0.373 e. The van der Waals surface area contributed by atoms with Crippen LogP contribution in [0.3, 0.4) is 0 Å². The standard InChI is InChI=1S/C19H24FN3O3S/c1-15(23(27(3,25)26)18-11-9-16(20)10-12-18)19(24)21-13-14-22(2)17-7-5-4-6-8-17/h4-12,15H,13-14H2,1-3H3,(H,21,24)/t15-/m1/s1. The summed E-state index contributed by atoms with van der Waals surface area (Å²) in [6.45, 7) is 2.42. The van der Waals surface area contributed by atoms with E-state index >= 15 is 0 Å². The van der Waals surface area contributed by atoms with Crippen molar-refractivity contribution < 1.29 is 17.6 Å². The molecule has 6 nitrogen and oxygen atoms in total. The fourth-order valence-electron chi connectivity index (χ4n) is 2.70. The van der Waals surface area contributed by atoms with Crippen molar-refractivity contribution >= 4 is 27.3 Å². The predicted molar refractivity (Wildman–Crippen MR) is 106 cm³/mol.